The standard InChI is InChI=1S/C21H23N5O3/c22-13-17-19(18(14-23)21(27)25-20(17)24)15-3-5-16(6-4-15)29-10-2-1-7-26-8-11-28-12-9-26/h3-6H,1-2,7-12H2,(H3,24,25,27). The van der Waals surface area contributed by atoms with E-state index in [1.54, 1.807) is 24.3 Å². The molecule has 0 saturated carbocycles. The van der Waals surface area contributed by atoms with E-state index < -0.39 is 5.56 Å². The van der Waals surface area contributed by atoms with Crippen molar-refractivity contribution in [2.45, 2.75) is 12.8 Å². The Bertz CT molecular complexity index is 980. The Hall–Kier alpha value is -3.33. The van der Waals surface area contributed by atoms with Gasteiger partial charge in [0.25, 0.3) is 5.56 Å². The van der Waals surface area contributed by atoms with Gasteiger partial charge in [-0.15, -0.1) is 0 Å². The van der Waals surface area contributed by atoms with Gasteiger partial charge in [-0.3, -0.25) is 9.69 Å². The highest BCUT2D eigenvalue weighted by atomic mass is 16.5. The van der Waals surface area contributed by atoms with E-state index in [1.165, 1.54) is 0 Å². The molecule has 1 saturated heterocycles. The van der Waals surface area contributed by atoms with Crippen LogP contribution in [-0.4, -0.2) is 49.3 Å². The van der Waals surface area contributed by atoms with E-state index in [2.05, 4.69) is 9.88 Å². The number of aromatic nitrogens is 1. The largest absolute Gasteiger partial charge is 0.494 e. The number of hydrogen-bond acceptors (Lipinski definition) is 7. The number of morpholine rings is 1. The molecule has 0 spiro atoms. The van der Waals surface area contributed by atoms with Crippen molar-refractivity contribution in [2.24, 2.45) is 0 Å². The fourth-order valence-corrected chi connectivity index (χ4v) is 3.30. The van der Waals surface area contributed by atoms with E-state index in [-0.39, 0.29) is 22.5 Å². The van der Waals surface area contributed by atoms with Crippen LogP contribution in [0.2, 0.25) is 0 Å². The fourth-order valence-electron chi connectivity index (χ4n) is 3.30. The minimum Gasteiger partial charge on any atom is -0.494 e. The van der Waals surface area contributed by atoms with Crippen LogP contribution >= 0.6 is 0 Å². The number of benzene rings is 1. The lowest BCUT2D eigenvalue weighted by Gasteiger charge is -2.26. The zero-order valence-corrected chi connectivity index (χ0v) is 16.1. The van der Waals surface area contributed by atoms with Gasteiger partial charge in [-0.1, -0.05) is 12.1 Å². The van der Waals surface area contributed by atoms with Crippen LogP contribution in [-0.2, 0) is 4.74 Å². The van der Waals surface area contributed by atoms with Gasteiger partial charge in [0, 0.05) is 18.7 Å². The summed E-state index contributed by atoms with van der Waals surface area (Å²) in [4.78, 5) is 16.7. The second-order valence-electron chi connectivity index (χ2n) is 6.75. The Morgan fingerprint density at radius 1 is 1.10 bits per heavy atom. The Morgan fingerprint density at radius 2 is 1.79 bits per heavy atom. The number of H-pyrrole nitrogens is 1. The predicted molar refractivity (Wildman–Crippen MR) is 108 cm³/mol. The summed E-state index contributed by atoms with van der Waals surface area (Å²) in [5, 5.41) is 18.7. The zero-order chi connectivity index (χ0) is 20.6. The van der Waals surface area contributed by atoms with Crippen LogP contribution in [0.15, 0.2) is 29.1 Å². The highest BCUT2D eigenvalue weighted by molar-refractivity contribution is 5.80. The van der Waals surface area contributed by atoms with Gasteiger partial charge >= 0.3 is 0 Å². The molecule has 29 heavy (non-hydrogen) atoms. The quantitative estimate of drug-likeness (QED) is 0.687. The summed E-state index contributed by atoms with van der Waals surface area (Å²) in [7, 11) is 0. The van der Waals surface area contributed by atoms with Gasteiger partial charge in [-0.25, -0.2) is 0 Å². The molecule has 0 aliphatic carbocycles. The molecule has 0 radical (unpaired) electrons. The van der Waals surface area contributed by atoms with Gasteiger partial charge in [0.05, 0.1) is 19.8 Å². The van der Waals surface area contributed by atoms with E-state index in [0.717, 1.165) is 45.7 Å². The Morgan fingerprint density at radius 3 is 2.45 bits per heavy atom. The van der Waals surface area contributed by atoms with Crippen molar-refractivity contribution < 1.29 is 9.47 Å². The van der Waals surface area contributed by atoms with E-state index >= 15 is 0 Å². The molecular formula is C21H23N5O3. The lowest BCUT2D eigenvalue weighted by Crippen LogP contribution is -2.36. The summed E-state index contributed by atoms with van der Waals surface area (Å²) >= 11 is 0. The van der Waals surface area contributed by atoms with Crippen LogP contribution in [0.4, 0.5) is 5.82 Å². The number of unbranched alkanes of at least 4 members (excludes halogenated alkanes) is 1. The molecule has 8 nitrogen and oxygen atoms in total. The molecule has 1 aromatic heterocycles. The number of anilines is 1. The van der Waals surface area contributed by atoms with Crippen molar-refractivity contribution >= 4 is 5.82 Å². The third kappa shape index (κ3) is 4.94. The molecular weight excluding hydrogens is 370 g/mol. The molecule has 1 fully saturated rings. The van der Waals surface area contributed by atoms with Crippen LogP contribution in [0, 0.1) is 22.7 Å². The molecule has 0 unspecified atom stereocenters. The van der Waals surface area contributed by atoms with E-state index in [1.807, 2.05) is 12.1 Å². The number of hydrogen-bond donors (Lipinski definition) is 2. The first-order valence-corrected chi connectivity index (χ1v) is 9.53. The number of nitrogens with two attached hydrogens (primary N) is 1. The van der Waals surface area contributed by atoms with Crippen LogP contribution in [0.3, 0.4) is 0 Å². The topological polar surface area (TPSA) is 128 Å². The minimum absolute atomic E-state index is 0.0490. The Labute approximate surface area is 169 Å². The maximum absolute atomic E-state index is 12.0. The number of aromatic amines is 1. The predicted octanol–water partition coefficient (Wildman–Crippen LogP) is 1.86. The molecule has 0 atom stereocenters. The highest BCUT2D eigenvalue weighted by Gasteiger charge is 2.18. The molecule has 3 rings (SSSR count). The Balaban J connectivity index is 1.62. The lowest BCUT2D eigenvalue weighted by atomic mass is 9.96. The number of pyridine rings is 1. The molecule has 1 aromatic carbocycles. The summed E-state index contributed by atoms with van der Waals surface area (Å²) in [5.41, 5.74) is 5.90. The zero-order valence-electron chi connectivity index (χ0n) is 16.1. The number of rotatable bonds is 7. The lowest BCUT2D eigenvalue weighted by molar-refractivity contribution is 0.0368. The van der Waals surface area contributed by atoms with Gasteiger partial charge in [0.2, 0.25) is 0 Å². The summed E-state index contributed by atoms with van der Waals surface area (Å²) in [6.07, 6.45) is 2.00. The average molecular weight is 393 g/mol. The molecule has 2 heterocycles. The van der Waals surface area contributed by atoms with E-state index in [0.29, 0.717) is 17.9 Å². The van der Waals surface area contributed by atoms with Crippen LogP contribution in [0.5, 0.6) is 5.75 Å². The van der Waals surface area contributed by atoms with Gasteiger partial charge in [-0.05, 0) is 37.1 Å². The summed E-state index contributed by atoms with van der Waals surface area (Å²) in [6, 6.07) is 10.8. The van der Waals surface area contributed by atoms with Crippen LogP contribution < -0.4 is 16.0 Å². The summed E-state index contributed by atoms with van der Waals surface area (Å²) in [6.45, 7) is 5.25. The number of nitrogens with zero attached hydrogens (tertiary/aromatic N) is 3. The first-order chi connectivity index (χ1) is 14.1. The van der Waals surface area contributed by atoms with Crippen molar-refractivity contribution in [3.8, 4) is 29.0 Å². The van der Waals surface area contributed by atoms with Crippen LogP contribution in [0.1, 0.15) is 24.0 Å². The normalized spacial score (nSPS) is 14.1. The smallest absolute Gasteiger partial charge is 0.268 e. The number of nitrogens with one attached hydrogen (secondary N) is 1. The molecule has 150 valence electrons. The van der Waals surface area contributed by atoms with Crippen molar-refractivity contribution in [2.75, 3.05) is 45.2 Å². The van der Waals surface area contributed by atoms with Crippen molar-refractivity contribution in [1.29, 1.82) is 10.5 Å². The van der Waals surface area contributed by atoms with Gasteiger partial charge < -0.3 is 20.2 Å². The van der Waals surface area contributed by atoms with Gasteiger partial charge in [0.1, 0.15) is 34.8 Å². The summed E-state index contributed by atoms with van der Waals surface area (Å²) in [5.74, 6) is 0.641. The molecule has 1 aliphatic rings. The minimum atomic E-state index is -0.611. The maximum atomic E-state index is 12.0. The van der Waals surface area contributed by atoms with Crippen molar-refractivity contribution in [3.63, 3.8) is 0 Å². The first-order valence-electron chi connectivity index (χ1n) is 9.53. The monoisotopic (exact) mass is 393 g/mol. The third-order valence-corrected chi connectivity index (χ3v) is 4.85. The van der Waals surface area contributed by atoms with Crippen LogP contribution in [0.25, 0.3) is 11.1 Å². The van der Waals surface area contributed by atoms with Gasteiger partial charge in [0.15, 0.2) is 0 Å². The number of nitrogen functional groups attached to an aromatic ring is 1. The molecule has 0 bridgehead atoms. The molecule has 3 N–H and O–H groups in total. The summed E-state index contributed by atoms with van der Waals surface area (Å²) < 4.78 is 11.1. The highest BCUT2D eigenvalue weighted by Crippen LogP contribution is 2.29. The first kappa shape index (κ1) is 20.4. The van der Waals surface area contributed by atoms with E-state index in [4.69, 9.17) is 15.2 Å². The molecule has 8 heteroatoms. The average Bonchev–Trinajstić information content (AvgIpc) is 2.74. The molecule has 2 aromatic rings. The Kier molecular flexibility index (Phi) is 6.85. The molecule has 1 aliphatic heterocycles. The second kappa shape index (κ2) is 9.74. The van der Waals surface area contributed by atoms with Gasteiger partial charge in [-0.2, -0.15) is 10.5 Å². The fraction of sp³-hybridized carbons (Fsp3) is 0.381. The second-order valence-corrected chi connectivity index (χ2v) is 6.75. The van der Waals surface area contributed by atoms with Crippen molar-refractivity contribution in [1.82, 2.24) is 9.88 Å². The number of ether oxygens (including phenoxy) is 2. The third-order valence-electron chi connectivity index (χ3n) is 4.85. The molecule has 0 amide bonds. The van der Waals surface area contributed by atoms with Crippen molar-refractivity contribution in [3.05, 3.63) is 45.7 Å². The van der Waals surface area contributed by atoms with E-state index in [9.17, 15) is 15.3 Å². The SMILES string of the molecule is N#Cc1c(N)[nH]c(=O)c(C#N)c1-c1ccc(OCCCCN2CCOCC2)cc1. The number of nitriles is 2. The maximum Gasteiger partial charge on any atom is 0.268 e.